The number of anilines is 1. The van der Waals surface area contributed by atoms with Crippen LogP contribution in [0.25, 0.3) is 6.08 Å². The van der Waals surface area contributed by atoms with Crippen molar-refractivity contribution in [3.05, 3.63) is 35.4 Å². The molecule has 62 valence electrons. The molecule has 1 heterocycles. The standard InChI is InChI=1S/C11H13N/c1-9-5-3-7-11-10(9)6-4-8-12(11)2/h3-7H,8H2,1-2H3. The summed E-state index contributed by atoms with van der Waals surface area (Å²) in [5.74, 6) is 0. The normalized spacial score (nSPS) is 14.7. The first-order valence-electron chi connectivity index (χ1n) is 4.26. The zero-order valence-electron chi connectivity index (χ0n) is 7.54. The van der Waals surface area contributed by atoms with Gasteiger partial charge in [0.2, 0.25) is 0 Å². The SMILES string of the molecule is Cc1cccc2c1C=CCN2C. The molecule has 0 saturated carbocycles. The van der Waals surface area contributed by atoms with E-state index < -0.39 is 0 Å². The highest BCUT2D eigenvalue weighted by Gasteiger charge is 2.09. The zero-order chi connectivity index (χ0) is 8.55. The van der Waals surface area contributed by atoms with Crippen molar-refractivity contribution in [3.8, 4) is 0 Å². The average molecular weight is 159 g/mol. The molecule has 0 spiro atoms. The summed E-state index contributed by atoms with van der Waals surface area (Å²) < 4.78 is 0. The smallest absolute Gasteiger partial charge is 0.0442 e. The number of likely N-dealkylation sites (N-methyl/N-ethyl adjacent to an activating group) is 1. The largest absolute Gasteiger partial charge is 0.370 e. The highest BCUT2D eigenvalue weighted by molar-refractivity contribution is 5.73. The van der Waals surface area contributed by atoms with Gasteiger partial charge in [0.15, 0.2) is 0 Å². The second-order valence-corrected chi connectivity index (χ2v) is 3.29. The molecule has 0 N–H and O–H groups in total. The van der Waals surface area contributed by atoms with E-state index in [1.807, 2.05) is 0 Å². The summed E-state index contributed by atoms with van der Waals surface area (Å²) >= 11 is 0. The maximum atomic E-state index is 2.27. The molecule has 0 unspecified atom stereocenters. The summed E-state index contributed by atoms with van der Waals surface area (Å²) in [7, 11) is 2.13. The number of fused-ring (bicyclic) bond motifs is 1. The lowest BCUT2D eigenvalue weighted by molar-refractivity contribution is 1.02. The van der Waals surface area contributed by atoms with E-state index in [0.717, 1.165) is 6.54 Å². The van der Waals surface area contributed by atoms with E-state index in [-0.39, 0.29) is 0 Å². The quantitative estimate of drug-likeness (QED) is 0.562. The number of benzene rings is 1. The van der Waals surface area contributed by atoms with Gasteiger partial charge in [0.25, 0.3) is 0 Å². The molecule has 0 aliphatic carbocycles. The fourth-order valence-corrected chi connectivity index (χ4v) is 1.64. The van der Waals surface area contributed by atoms with Crippen LogP contribution in [0.15, 0.2) is 24.3 Å². The molecular weight excluding hydrogens is 146 g/mol. The van der Waals surface area contributed by atoms with E-state index in [4.69, 9.17) is 0 Å². The number of aryl methyl sites for hydroxylation is 1. The lowest BCUT2D eigenvalue weighted by Crippen LogP contribution is -2.20. The van der Waals surface area contributed by atoms with Crippen LogP contribution in [0.5, 0.6) is 0 Å². The van der Waals surface area contributed by atoms with Crippen LogP contribution >= 0.6 is 0 Å². The number of nitrogens with zero attached hydrogens (tertiary/aromatic N) is 1. The Morgan fingerprint density at radius 2 is 2.17 bits per heavy atom. The Hall–Kier alpha value is -1.24. The van der Waals surface area contributed by atoms with Gasteiger partial charge >= 0.3 is 0 Å². The number of hydrogen-bond donors (Lipinski definition) is 0. The minimum Gasteiger partial charge on any atom is -0.370 e. The Balaban J connectivity index is 2.61. The summed E-state index contributed by atoms with van der Waals surface area (Å²) in [4.78, 5) is 2.27. The third-order valence-corrected chi connectivity index (χ3v) is 2.38. The lowest BCUT2D eigenvalue weighted by atomic mass is 10.0. The Morgan fingerprint density at radius 1 is 1.33 bits per heavy atom. The van der Waals surface area contributed by atoms with Gasteiger partial charge in [-0.1, -0.05) is 24.3 Å². The van der Waals surface area contributed by atoms with Crippen LogP contribution in [0, 0.1) is 6.92 Å². The van der Waals surface area contributed by atoms with Gasteiger partial charge in [-0.3, -0.25) is 0 Å². The Morgan fingerprint density at radius 3 is 2.92 bits per heavy atom. The summed E-state index contributed by atoms with van der Waals surface area (Å²) in [5, 5.41) is 0. The monoisotopic (exact) mass is 159 g/mol. The van der Waals surface area contributed by atoms with Gasteiger partial charge in [0.1, 0.15) is 0 Å². The van der Waals surface area contributed by atoms with Crippen LogP contribution in [0.1, 0.15) is 11.1 Å². The molecular formula is C11H13N. The third-order valence-electron chi connectivity index (χ3n) is 2.38. The first-order valence-corrected chi connectivity index (χ1v) is 4.26. The molecule has 0 saturated heterocycles. The Bertz CT molecular complexity index is 326. The average Bonchev–Trinajstić information content (AvgIpc) is 2.07. The van der Waals surface area contributed by atoms with Gasteiger partial charge in [-0.2, -0.15) is 0 Å². The van der Waals surface area contributed by atoms with Crippen LogP contribution in [0.2, 0.25) is 0 Å². The van der Waals surface area contributed by atoms with Gasteiger partial charge in [-0.15, -0.1) is 0 Å². The summed E-state index contributed by atoms with van der Waals surface area (Å²) in [5.41, 5.74) is 4.07. The maximum Gasteiger partial charge on any atom is 0.0442 e. The molecule has 1 nitrogen and oxygen atoms in total. The molecule has 1 aliphatic rings. The van der Waals surface area contributed by atoms with Crippen LogP contribution in [-0.2, 0) is 0 Å². The molecule has 0 aromatic heterocycles. The van der Waals surface area contributed by atoms with Gasteiger partial charge in [0.05, 0.1) is 0 Å². The van der Waals surface area contributed by atoms with E-state index in [1.54, 1.807) is 0 Å². The second kappa shape index (κ2) is 2.67. The van der Waals surface area contributed by atoms with Gasteiger partial charge < -0.3 is 4.90 Å². The summed E-state index contributed by atoms with van der Waals surface area (Å²) in [6.45, 7) is 3.18. The van der Waals surface area contributed by atoms with Crippen molar-refractivity contribution in [3.63, 3.8) is 0 Å². The molecule has 0 amide bonds. The predicted molar refractivity (Wildman–Crippen MR) is 53.5 cm³/mol. The molecule has 0 bridgehead atoms. The van der Waals surface area contributed by atoms with E-state index in [1.165, 1.54) is 16.8 Å². The first kappa shape index (κ1) is 7.41. The van der Waals surface area contributed by atoms with E-state index in [9.17, 15) is 0 Å². The van der Waals surface area contributed by atoms with Crippen molar-refractivity contribution < 1.29 is 0 Å². The van der Waals surface area contributed by atoms with E-state index >= 15 is 0 Å². The van der Waals surface area contributed by atoms with E-state index in [0.29, 0.717) is 0 Å². The molecule has 12 heavy (non-hydrogen) atoms. The zero-order valence-corrected chi connectivity index (χ0v) is 7.54. The first-order chi connectivity index (χ1) is 5.79. The molecule has 2 rings (SSSR count). The van der Waals surface area contributed by atoms with Crippen molar-refractivity contribution >= 4 is 11.8 Å². The van der Waals surface area contributed by atoms with Crippen molar-refractivity contribution in [1.82, 2.24) is 0 Å². The minimum absolute atomic E-state index is 1.02. The minimum atomic E-state index is 1.02. The van der Waals surface area contributed by atoms with Crippen molar-refractivity contribution in [2.24, 2.45) is 0 Å². The topological polar surface area (TPSA) is 3.24 Å². The Kier molecular flexibility index (Phi) is 1.65. The van der Waals surface area contributed by atoms with Crippen molar-refractivity contribution in [1.29, 1.82) is 0 Å². The molecule has 0 atom stereocenters. The van der Waals surface area contributed by atoms with Gasteiger partial charge in [-0.25, -0.2) is 0 Å². The molecule has 1 aromatic rings. The van der Waals surface area contributed by atoms with Crippen molar-refractivity contribution in [2.45, 2.75) is 6.92 Å². The summed E-state index contributed by atoms with van der Waals surface area (Å²) in [6, 6.07) is 6.44. The molecule has 1 aromatic carbocycles. The maximum absolute atomic E-state index is 2.27. The number of hydrogen-bond acceptors (Lipinski definition) is 1. The highest BCUT2D eigenvalue weighted by Crippen LogP contribution is 2.26. The highest BCUT2D eigenvalue weighted by atomic mass is 15.1. The molecule has 0 radical (unpaired) electrons. The molecule has 1 heteroatoms. The van der Waals surface area contributed by atoms with Gasteiger partial charge in [-0.05, 0) is 18.6 Å². The van der Waals surface area contributed by atoms with Gasteiger partial charge in [0, 0.05) is 24.8 Å². The summed E-state index contributed by atoms with van der Waals surface area (Å²) in [6.07, 6.45) is 4.42. The molecule has 1 aliphatic heterocycles. The second-order valence-electron chi connectivity index (χ2n) is 3.29. The van der Waals surface area contributed by atoms with E-state index in [2.05, 4.69) is 49.2 Å². The van der Waals surface area contributed by atoms with Crippen LogP contribution < -0.4 is 4.90 Å². The van der Waals surface area contributed by atoms with Crippen molar-refractivity contribution in [2.75, 3.05) is 18.5 Å². The lowest BCUT2D eigenvalue weighted by Gasteiger charge is -2.24. The van der Waals surface area contributed by atoms with Crippen LogP contribution in [0.4, 0.5) is 5.69 Å². The number of rotatable bonds is 0. The predicted octanol–water partition coefficient (Wildman–Crippen LogP) is 2.46. The molecule has 0 fully saturated rings. The fraction of sp³-hybridized carbons (Fsp3) is 0.273. The third kappa shape index (κ3) is 1.02. The van der Waals surface area contributed by atoms with Crippen LogP contribution in [-0.4, -0.2) is 13.6 Å². The van der Waals surface area contributed by atoms with Crippen LogP contribution in [0.3, 0.4) is 0 Å². The fourth-order valence-electron chi connectivity index (χ4n) is 1.64. The Labute approximate surface area is 73.3 Å².